The summed E-state index contributed by atoms with van der Waals surface area (Å²) in [5.41, 5.74) is 5.49. The minimum Gasteiger partial charge on any atom is -0.383 e. The van der Waals surface area contributed by atoms with Crippen LogP contribution in [0.5, 0.6) is 0 Å². The molecule has 8 heteroatoms. The van der Waals surface area contributed by atoms with Gasteiger partial charge in [-0.1, -0.05) is 56.2 Å². The van der Waals surface area contributed by atoms with Gasteiger partial charge in [-0.2, -0.15) is 5.10 Å². The number of aryl methyl sites for hydroxylation is 3. The van der Waals surface area contributed by atoms with Crippen LogP contribution in [-0.2, 0) is 14.9 Å². The predicted molar refractivity (Wildman–Crippen MR) is 144 cm³/mol. The summed E-state index contributed by atoms with van der Waals surface area (Å²) >= 11 is 0. The molecule has 0 fully saturated rings. The Morgan fingerprint density at radius 1 is 0.972 bits per heavy atom. The summed E-state index contributed by atoms with van der Waals surface area (Å²) in [5.74, 6) is 0.235. The van der Waals surface area contributed by atoms with Crippen LogP contribution in [0.25, 0.3) is 5.69 Å². The highest BCUT2D eigenvalue weighted by atomic mass is 16.5. The number of nitrogens with one attached hydrogen (secondary N) is 2. The van der Waals surface area contributed by atoms with Gasteiger partial charge >= 0.3 is 6.03 Å². The molecular formula is C28H37N5O3. The number of urea groups is 1. The van der Waals surface area contributed by atoms with Crippen molar-refractivity contribution in [1.29, 1.82) is 0 Å². The summed E-state index contributed by atoms with van der Waals surface area (Å²) in [7, 11) is 1.56. The summed E-state index contributed by atoms with van der Waals surface area (Å²) < 4.78 is 6.92. The molecule has 1 heterocycles. The molecule has 0 aliphatic rings. The van der Waals surface area contributed by atoms with Gasteiger partial charge < -0.3 is 20.3 Å². The summed E-state index contributed by atoms with van der Waals surface area (Å²) in [6.45, 7) is 12.7. The molecule has 3 amide bonds. The molecule has 1 aromatic heterocycles. The smallest absolute Gasteiger partial charge is 0.322 e. The second kappa shape index (κ2) is 11.4. The van der Waals surface area contributed by atoms with Crippen LogP contribution >= 0.6 is 0 Å². The molecule has 0 radical (unpaired) electrons. The van der Waals surface area contributed by atoms with E-state index in [4.69, 9.17) is 9.84 Å². The number of aromatic nitrogens is 2. The summed E-state index contributed by atoms with van der Waals surface area (Å²) in [6.07, 6.45) is 0. The van der Waals surface area contributed by atoms with Crippen LogP contribution in [0.2, 0.25) is 0 Å². The number of anilines is 2. The lowest BCUT2D eigenvalue weighted by atomic mass is 9.92. The van der Waals surface area contributed by atoms with E-state index in [1.165, 1.54) is 4.90 Å². The highest BCUT2D eigenvalue weighted by Crippen LogP contribution is 2.27. The zero-order chi connectivity index (χ0) is 26.5. The molecule has 0 bridgehead atoms. The average molecular weight is 492 g/mol. The fraction of sp³-hybridized carbons (Fsp3) is 0.393. The molecule has 2 N–H and O–H groups in total. The van der Waals surface area contributed by atoms with Crippen LogP contribution < -0.4 is 10.6 Å². The Labute approximate surface area is 213 Å². The van der Waals surface area contributed by atoms with Gasteiger partial charge in [0.05, 0.1) is 18.0 Å². The van der Waals surface area contributed by atoms with Crippen molar-refractivity contribution in [3.63, 3.8) is 0 Å². The van der Waals surface area contributed by atoms with Crippen LogP contribution in [0.1, 0.15) is 43.2 Å². The summed E-state index contributed by atoms with van der Waals surface area (Å²) in [5, 5.41) is 10.6. The minimum absolute atomic E-state index is 0.135. The van der Waals surface area contributed by atoms with Crippen LogP contribution in [0.4, 0.5) is 16.3 Å². The number of hydrogen-bond donors (Lipinski definition) is 2. The van der Waals surface area contributed by atoms with Gasteiger partial charge in [0.1, 0.15) is 12.4 Å². The molecule has 0 aliphatic carbocycles. The van der Waals surface area contributed by atoms with Crippen molar-refractivity contribution in [2.75, 3.05) is 37.4 Å². The molecule has 3 aromatic rings. The van der Waals surface area contributed by atoms with Gasteiger partial charge in [-0.3, -0.25) is 4.79 Å². The van der Waals surface area contributed by atoms with Gasteiger partial charge in [-0.05, 0) is 44.5 Å². The van der Waals surface area contributed by atoms with Gasteiger partial charge in [0.2, 0.25) is 5.91 Å². The maximum Gasteiger partial charge on any atom is 0.322 e. The molecule has 8 nitrogen and oxygen atoms in total. The highest BCUT2D eigenvalue weighted by Gasteiger charge is 2.23. The van der Waals surface area contributed by atoms with E-state index in [2.05, 4.69) is 37.5 Å². The maximum absolute atomic E-state index is 13.2. The molecule has 0 saturated carbocycles. The molecule has 36 heavy (non-hydrogen) atoms. The van der Waals surface area contributed by atoms with E-state index in [-0.39, 0.29) is 30.4 Å². The monoisotopic (exact) mass is 491 g/mol. The number of methoxy groups -OCH3 is 1. The third-order valence-corrected chi connectivity index (χ3v) is 5.82. The van der Waals surface area contributed by atoms with Gasteiger partial charge in [0.15, 0.2) is 0 Å². The quantitative estimate of drug-likeness (QED) is 0.453. The Hall–Kier alpha value is -3.65. The van der Waals surface area contributed by atoms with E-state index in [1.807, 2.05) is 63.2 Å². The number of rotatable bonds is 8. The number of nitrogens with zero attached hydrogens (tertiary/aromatic N) is 3. The van der Waals surface area contributed by atoms with Crippen molar-refractivity contribution >= 4 is 23.4 Å². The fourth-order valence-electron chi connectivity index (χ4n) is 3.71. The van der Waals surface area contributed by atoms with E-state index in [0.29, 0.717) is 18.1 Å². The Morgan fingerprint density at radius 2 is 1.64 bits per heavy atom. The highest BCUT2D eigenvalue weighted by molar-refractivity contribution is 5.96. The number of hydrogen-bond acceptors (Lipinski definition) is 4. The minimum atomic E-state index is -0.371. The van der Waals surface area contributed by atoms with Crippen molar-refractivity contribution in [3.05, 3.63) is 70.9 Å². The first-order valence-corrected chi connectivity index (χ1v) is 12.1. The SMILES string of the molecule is COCCN(CC(=O)Nc1cc(C(C)(C)C)nn1-c1ccc(C)cc1C)C(=O)Nc1ccc(C)cc1. The third-order valence-electron chi connectivity index (χ3n) is 5.82. The van der Waals surface area contributed by atoms with Crippen LogP contribution in [0.3, 0.4) is 0 Å². The maximum atomic E-state index is 13.2. The molecule has 0 aliphatic heterocycles. The predicted octanol–water partition coefficient (Wildman–Crippen LogP) is 5.21. The fourth-order valence-corrected chi connectivity index (χ4v) is 3.71. The lowest BCUT2D eigenvalue weighted by Crippen LogP contribution is -2.42. The Balaban J connectivity index is 1.83. The molecule has 2 aromatic carbocycles. The molecule has 0 spiro atoms. The average Bonchev–Trinajstić information content (AvgIpc) is 3.22. The van der Waals surface area contributed by atoms with Crippen molar-refractivity contribution < 1.29 is 14.3 Å². The number of ether oxygens (including phenoxy) is 1. The zero-order valence-electron chi connectivity index (χ0n) is 22.3. The Bertz CT molecular complexity index is 1210. The van der Waals surface area contributed by atoms with E-state index in [9.17, 15) is 9.59 Å². The topological polar surface area (TPSA) is 88.5 Å². The van der Waals surface area contributed by atoms with Crippen molar-refractivity contribution in [2.45, 2.75) is 47.0 Å². The summed E-state index contributed by atoms with van der Waals surface area (Å²) in [6, 6.07) is 15.1. The van der Waals surface area contributed by atoms with Crippen LogP contribution in [0.15, 0.2) is 48.5 Å². The van der Waals surface area contributed by atoms with Crippen LogP contribution in [0, 0.1) is 20.8 Å². The molecule has 3 rings (SSSR count). The van der Waals surface area contributed by atoms with Crippen LogP contribution in [-0.4, -0.2) is 53.4 Å². The van der Waals surface area contributed by atoms with Gasteiger partial charge in [-0.25, -0.2) is 9.48 Å². The first-order valence-electron chi connectivity index (χ1n) is 12.1. The number of amides is 3. The van der Waals surface area contributed by atoms with E-state index >= 15 is 0 Å². The number of carbonyl (C=O) groups excluding carboxylic acids is 2. The molecule has 0 saturated heterocycles. The lowest BCUT2D eigenvalue weighted by molar-refractivity contribution is -0.116. The van der Waals surface area contributed by atoms with E-state index in [0.717, 1.165) is 28.1 Å². The lowest BCUT2D eigenvalue weighted by Gasteiger charge is -2.22. The second-order valence-corrected chi connectivity index (χ2v) is 10.1. The largest absolute Gasteiger partial charge is 0.383 e. The first-order chi connectivity index (χ1) is 17.0. The molecule has 0 atom stereocenters. The van der Waals surface area contributed by atoms with E-state index < -0.39 is 0 Å². The first kappa shape index (κ1) is 26.9. The van der Waals surface area contributed by atoms with E-state index in [1.54, 1.807) is 11.8 Å². The number of carbonyl (C=O) groups is 2. The molecule has 0 unspecified atom stereocenters. The normalized spacial score (nSPS) is 11.3. The third kappa shape index (κ3) is 6.95. The van der Waals surface area contributed by atoms with Crippen molar-refractivity contribution in [3.8, 4) is 5.69 Å². The molecular weight excluding hydrogens is 454 g/mol. The summed E-state index contributed by atoms with van der Waals surface area (Å²) in [4.78, 5) is 27.5. The van der Waals surface area contributed by atoms with Gasteiger partial charge in [0.25, 0.3) is 0 Å². The molecule has 192 valence electrons. The second-order valence-electron chi connectivity index (χ2n) is 10.1. The van der Waals surface area contributed by atoms with Gasteiger partial charge in [-0.15, -0.1) is 0 Å². The Morgan fingerprint density at radius 3 is 2.25 bits per heavy atom. The standard InChI is InChI=1S/C28H37N5O3/c1-19-8-11-22(12-9-19)29-27(35)32(14-15-36-7)18-26(34)30-25-17-24(28(4,5)6)31-33(25)23-13-10-20(2)16-21(23)3/h8-13,16-17H,14-15,18H2,1-7H3,(H,29,35)(H,30,34). The Kier molecular flexibility index (Phi) is 8.53. The van der Waals surface area contributed by atoms with Gasteiger partial charge in [0, 0.05) is 30.8 Å². The zero-order valence-corrected chi connectivity index (χ0v) is 22.3. The van der Waals surface area contributed by atoms with Crippen molar-refractivity contribution in [2.24, 2.45) is 0 Å². The van der Waals surface area contributed by atoms with Crippen molar-refractivity contribution in [1.82, 2.24) is 14.7 Å². The number of benzene rings is 2.